The Labute approximate surface area is 124 Å². The number of ether oxygens (including phenoxy) is 1. The van der Waals surface area contributed by atoms with Crippen LogP contribution in [0.2, 0.25) is 0 Å². The molecule has 0 aliphatic rings. The van der Waals surface area contributed by atoms with Gasteiger partial charge in [-0.3, -0.25) is 14.9 Å². The minimum absolute atomic E-state index is 0.199. The van der Waals surface area contributed by atoms with Crippen molar-refractivity contribution in [1.82, 2.24) is 0 Å². The Morgan fingerprint density at radius 1 is 1.27 bits per heavy atom. The molecule has 114 valence electrons. The molecule has 22 heavy (non-hydrogen) atoms. The van der Waals surface area contributed by atoms with Gasteiger partial charge in [-0.2, -0.15) is 0 Å². The van der Waals surface area contributed by atoms with Gasteiger partial charge in [0, 0.05) is 5.69 Å². The van der Waals surface area contributed by atoms with Crippen molar-refractivity contribution >= 4 is 23.4 Å². The number of anilines is 1. The molecule has 8 nitrogen and oxygen atoms in total. The molecular weight excluding hydrogens is 292 g/mol. The molecule has 0 aliphatic carbocycles. The number of carbonyl (C=O) groups excluding carboxylic acids is 2. The fourth-order valence-corrected chi connectivity index (χ4v) is 1.73. The largest absolute Gasteiger partial charge is 0.465 e. The van der Waals surface area contributed by atoms with E-state index in [0.29, 0.717) is 11.3 Å². The van der Waals surface area contributed by atoms with Crippen LogP contribution in [-0.2, 0) is 4.74 Å². The fourth-order valence-electron chi connectivity index (χ4n) is 1.73. The predicted octanol–water partition coefficient (Wildman–Crippen LogP) is 2.54. The van der Waals surface area contributed by atoms with E-state index in [1.54, 1.807) is 19.1 Å². The molecule has 8 heteroatoms. The molecule has 1 heterocycles. The Balaban J connectivity index is 2.23. The van der Waals surface area contributed by atoms with Gasteiger partial charge in [0.15, 0.2) is 5.76 Å². The van der Waals surface area contributed by atoms with Crippen LogP contribution in [0.3, 0.4) is 0 Å². The Morgan fingerprint density at radius 2 is 2.00 bits per heavy atom. The summed E-state index contributed by atoms with van der Waals surface area (Å²) in [4.78, 5) is 33.3. The number of rotatable bonds is 4. The summed E-state index contributed by atoms with van der Waals surface area (Å²) >= 11 is 0. The third kappa shape index (κ3) is 3.11. The first kappa shape index (κ1) is 15.2. The second-order valence-corrected chi connectivity index (χ2v) is 4.37. The zero-order valence-electron chi connectivity index (χ0n) is 11.8. The zero-order valence-corrected chi connectivity index (χ0v) is 11.8. The van der Waals surface area contributed by atoms with Crippen LogP contribution in [0.25, 0.3) is 0 Å². The van der Waals surface area contributed by atoms with Gasteiger partial charge in [-0.05, 0) is 30.7 Å². The number of furan rings is 1. The van der Waals surface area contributed by atoms with Crippen molar-refractivity contribution in [2.45, 2.75) is 6.92 Å². The number of carbonyl (C=O) groups is 2. The third-order valence-corrected chi connectivity index (χ3v) is 2.90. The fraction of sp³-hybridized carbons (Fsp3) is 0.143. The molecule has 0 atom stereocenters. The molecule has 1 amide bonds. The lowest BCUT2D eigenvalue weighted by Crippen LogP contribution is -2.13. The van der Waals surface area contributed by atoms with Crippen molar-refractivity contribution in [3.63, 3.8) is 0 Å². The molecule has 1 aromatic carbocycles. The molecule has 0 spiro atoms. The molecule has 0 fully saturated rings. The molecule has 0 unspecified atom stereocenters. The number of nitrogens with zero attached hydrogens (tertiary/aromatic N) is 1. The van der Waals surface area contributed by atoms with E-state index in [4.69, 9.17) is 4.42 Å². The topological polar surface area (TPSA) is 112 Å². The predicted molar refractivity (Wildman–Crippen MR) is 75.8 cm³/mol. The molecular formula is C14H12N2O6. The number of hydrogen-bond acceptors (Lipinski definition) is 6. The first-order valence-corrected chi connectivity index (χ1v) is 6.17. The molecule has 0 bridgehead atoms. The molecule has 0 aliphatic heterocycles. The maximum atomic E-state index is 12.0. The van der Waals surface area contributed by atoms with Crippen molar-refractivity contribution < 1.29 is 23.7 Å². The Hall–Kier alpha value is -3.16. The van der Waals surface area contributed by atoms with E-state index >= 15 is 0 Å². The van der Waals surface area contributed by atoms with Crippen LogP contribution >= 0.6 is 0 Å². The summed E-state index contributed by atoms with van der Waals surface area (Å²) in [5.41, 5.74) is 1.36. The summed E-state index contributed by atoms with van der Waals surface area (Å²) in [5.74, 6) is -1.91. The lowest BCUT2D eigenvalue weighted by Gasteiger charge is -2.08. The molecule has 2 rings (SSSR count). The lowest BCUT2D eigenvalue weighted by atomic mass is 10.1. The van der Waals surface area contributed by atoms with E-state index in [2.05, 4.69) is 10.1 Å². The van der Waals surface area contributed by atoms with E-state index in [-0.39, 0.29) is 11.3 Å². The van der Waals surface area contributed by atoms with Crippen LogP contribution < -0.4 is 5.32 Å². The van der Waals surface area contributed by atoms with Gasteiger partial charge in [0.25, 0.3) is 5.91 Å². The van der Waals surface area contributed by atoms with Crippen molar-refractivity contribution in [3.8, 4) is 0 Å². The number of esters is 1. The number of aryl methyl sites for hydroxylation is 1. The molecule has 0 saturated carbocycles. The maximum absolute atomic E-state index is 12.0. The van der Waals surface area contributed by atoms with Crippen molar-refractivity contribution in [2.24, 2.45) is 0 Å². The van der Waals surface area contributed by atoms with Crippen molar-refractivity contribution in [1.29, 1.82) is 0 Å². The van der Waals surface area contributed by atoms with Gasteiger partial charge in [0.05, 0.1) is 18.7 Å². The summed E-state index contributed by atoms with van der Waals surface area (Å²) in [6.45, 7) is 1.74. The molecule has 2 aromatic rings. The second-order valence-electron chi connectivity index (χ2n) is 4.37. The summed E-state index contributed by atoms with van der Waals surface area (Å²) in [6.07, 6.45) is 0. The van der Waals surface area contributed by atoms with Gasteiger partial charge >= 0.3 is 11.9 Å². The average Bonchev–Trinajstić information content (AvgIpc) is 2.99. The number of nitro groups is 1. The van der Waals surface area contributed by atoms with Gasteiger partial charge in [-0.15, -0.1) is 0 Å². The SMILES string of the molecule is COC(=O)c1ccc(C)c(NC(=O)c2ccc([N+](=O)[O-])o2)c1. The third-order valence-electron chi connectivity index (χ3n) is 2.90. The zero-order chi connectivity index (χ0) is 16.3. The van der Waals surface area contributed by atoms with Crippen molar-refractivity contribution in [3.05, 3.63) is 57.3 Å². The standard InChI is InChI=1S/C14H12N2O6/c1-8-3-4-9(14(18)21-2)7-10(8)15-13(17)11-5-6-12(22-11)16(19)20/h3-7H,1-2H3,(H,15,17). The van der Waals surface area contributed by atoms with Crippen LogP contribution in [0.15, 0.2) is 34.7 Å². The summed E-state index contributed by atoms with van der Waals surface area (Å²) in [5, 5.41) is 13.1. The highest BCUT2D eigenvalue weighted by molar-refractivity contribution is 6.03. The van der Waals surface area contributed by atoms with Gasteiger partial charge in [-0.25, -0.2) is 4.79 Å². The number of nitrogens with one attached hydrogen (secondary N) is 1. The number of hydrogen-bond donors (Lipinski definition) is 1. The van der Waals surface area contributed by atoms with E-state index < -0.39 is 22.7 Å². The van der Waals surface area contributed by atoms with Crippen LogP contribution in [-0.4, -0.2) is 23.9 Å². The Kier molecular flexibility index (Phi) is 4.21. The minimum Gasteiger partial charge on any atom is -0.465 e. The molecule has 1 N–H and O–H groups in total. The summed E-state index contributed by atoms with van der Waals surface area (Å²) in [7, 11) is 1.25. The van der Waals surface area contributed by atoms with E-state index in [1.165, 1.54) is 19.2 Å². The minimum atomic E-state index is -0.736. The quantitative estimate of drug-likeness (QED) is 0.527. The summed E-state index contributed by atoms with van der Waals surface area (Å²) in [6, 6.07) is 6.96. The molecule has 0 saturated heterocycles. The highest BCUT2D eigenvalue weighted by Gasteiger charge is 2.18. The Morgan fingerprint density at radius 3 is 2.59 bits per heavy atom. The van der Waals surface area contributed by atoms with E-state index in [1.807, 2.05) is 0 Å². The van der Waals surface area contributed by atoms with Gasteiger partial charge < -0.3 is 14.5 Å². The van der Waals surface area contributed by atoms with Crippen LogP contribution in [0.1, 0.15) is 26.5 Å². The van der Waals surface area contributed by atoms with Gasteiger partial charge in [0.1, 0.15) is 4.92 Å². The van der Waals surface area contributed by atoms with Crippen molar-refractivity contribution in [2.75, 3.05) is 12.4 Å². The first-order chi connectivity index (χ1) is 10.4. The smallest absolute Gasteiger partial charge is 0.433 e. The summed E-state index contributed by atoms with van der Waals surface area (Å²) < 4.78 is 9.42. The number of amides is 1. The highest BCUT2D eigenvalue weighted by Crippen LogP contribution is 2.20. The maximum Gasteiger partial charge on any atom is 0.433 e. The van der Waals surface area contributed by atoms with E-state index in [0.717, 1.165) is 6.07 Å². The lowest BCUT2D eigenvalue weighted by molar-refractivity contribution is -0.402. The van der Waals surface area contributed by atoms with Crippen LogP contribution in [0.4, 0.5) is 11.6 Å². The number of benzene rings is 1. The molecule has 1 aromatic heterocycles. The van der Waals surface area contributed by atoms with E-state index in [9.17, 15) is 19.7 Å². The normalized spacial score (nSPS) is 10.1. The van der Waals surface area contributed by atoms with Crippen LogP contribution in [0, 0.1) is 17.0 Å². The molecule has 0 radical (unpaired) electrons. The number of methoxy groups -OCH3 is 1. The monoisotopic (exact) mass is 304 g/mol. The first-order valence-electron chi connectivity index (χ1n) is 6.17. The average molecular weight is 304 g/mol. The van der Waals surface area contributed by atoms with Gasteiger partial charge in [-0.1, -0.05) is 6.07 Å². The second kappa shape index (κ2) is 6.08. The van der Waals surface area contributed by atoms with Gasteiger partial charge in [0.2, 0.25) is 0 Å². The highest BCUT2D eigenvalue weighted by atomic mass is 16.6. The van der Waals surface area contributed by atoms with Crippen LogP contribution in [0.5, 0.6) is 0 Å². The Bertz CT molecular complexity index is 750.